The number of aryl methyl sites for hydroxylation is 1. The SMILES string of the molecule is Cc1cccc(C2(O)CCCN(Cc3ccccc3)C2)c1C. The monoisotopic (exact) mass is 295 g/mol. The number of hydrogen-bond donors (Lipinski definition) is 1. The average molecular weight is 295 g/mol. The summed E-state index contributed by atoms with van der Waals surface area (Å²) in [7, 11) is 0. The van der Waals surface area contributed by atoms with Crippen LogP contribution in [0.2, 0.25) is 0 Å². The lowest BCUT2D eigenvalue weighted by molar-refractivity contribution is -0.0386. The Morgan fingerprint density at radius 1 is 1.05 bits per heavy atom. The van der Waals surface area contributed by atoms with Gasteiger partial charge in [-0.3, -0.25) is 4.90 Å². The van der Waals surface area contributed by atoms with E-state index in [0.29, 0.717) is 6.54 Å². The maximum Gasteiger partial charge on any atom is 0.103 e. The molecular formula is C20H25NO. The highest BCUT2D eigenvalue weighted by atomic mass is 16.3. The van der Waals surface area contributed by atoms with Crippen molar-refractivity contribution in [3.8, 4) is 0 Å². The highest BCUT2D eigenvalue weighted by Gasteiger charge is 2.36. The number of rotatable bonds is 3. The summed E-state index contributed by atoms with van der Waals surface area (Å²) in [4.78, 5) is 2.38. The van der Waals surface area contributed by atoms with Crippen molar-refractivity contribution in [2.24, 2.45) is 0 Å². The van der Waals surface area contributed by atoms with E-state index < -0.39 is 5.60 Å². The molecule has 3 rings (SSSR count). The largest absolute Gasteiger partial charge is 0.384 e. The van der Waals surface area contributed by atoms with Gasteiger partial charge in [0.1, 0.15) is 5.60 Å². The third-order valence-electron chi connectivity index (χ3n) is 4.90. The van der Waals surface area contributed by atoms with E-state index in [0.717, 1.165) is 31.5 Å². The van der Waals surface area contributed by atoms with E-state index in [1.165, 1.54) is 16.7 Å². The molecule has 1 aliphatic rings. The summed E-state index contributed by atoms with van der Waals surface area (Å²) in [6, 6.07) is 16.8. The molecule has 0 saturated carbocycles. The third kappa shape index (κ3) is 3.08. The lowest BCUT2D eigenvalue weighted by Crippen LogP contribution is -2.46. The van der Waals surface area contributed by atoms with Crippen molar-refractivity contribution in [3.05, 3.63) is 70.8 Å². The first-order chi connectivity index (χ1) is 10.6. The highest BCUT2D eigenvalue weighted by molar-refractivity contribution is 5.37. The van der Waals surface area contributed by atoms with Crippen LogP contribution >= 0.6 is 0 Å². The van der Waals surface area contributed by atoms with Crippen molar-refractivity contribution in [2.45, 2.75) is 38.8 Å². The van der Waals surface area contributed by atoms with Crippen molar-refractivity contribution >= 4 is 0 Å². The molecule has 0 amide bonds. The smallest absolute Gasteiger partial charge is 0.103 e. The molecule has 0 aromatic heterocycles. The number of β-amino-alcohol motifs (C(OH)–C–C–N with tert-alkyl or cyclic N) is 1. The number of likely N-dealkylation sites (tertiary alicyclic amines) is 1. The van der Waals surface area contributed by atoms with Crippen LogP contribution in [-0.4, -0.2) is 23.1 Å². The first kappa shape index (κ1) is 15.3. The average Bonchev–Trinajstić information content (AvgIpc) is 2.51. The second-order valence-electron chi connectivity index (χ2n) is 6.58. The summed E-state index contributed by atoms with van der Waals surface area (Å²) in [5, 5.41) is 11.3. The molecule has 2 aromatic carbocycles. The van der Waals surface area contributed by atoms with Crippen LogP contribution in [-0.2, 0) is 12.1 Å². The molecular weight excluding hydrogens is 270 g/mol. The number of hydrogen-bond acceptors (Lipinski definition) is 2. The summed E-state index contributed by atoms with van der Waals surface area (Å²) in [5.41, 5.74) is 4.18. The van der Waals surface area contributed by atoms with Gasteiger partial charge in [-0.25, -0.2) is 0 Å². The fraction of sp³-hybridized carbons (Fsp3) is 0.400. The van der Waals surface area contributed by atoms with E-state index in [4.69, 9.17) is 0 Å². The van der Waals surface area contributed by atoms with Gasteiger partial charge in [0, 0.05) is 13.1 Å². The van der Waals surface area contributed by atoms with E-state index in [2.05, 4.69) is 61.2 Å². The lowest BCUT2D eigenvalue weighted by atomic mass is 9.82. The molecule has 1 saturated heterocycles. The van der Waals surface area contributed by atoms with Crippen LogP contribution in [0.3, 0.4) is 0 Å². The highest BCUT2D eigenvalue weighted by Crippen LogP contribution is 2.34. The molecule has 2 aromatic rings. The fourth-order valence-corrected chi connectivity index (χ4v) is 3.57. The van der Waals surface area contributed by atoms with E-state index >= 15 is 0 Å². The van der Waals surface area contributed by atoms with Crippen molar-refractivity contribution in [3.63, 3.8) is 0 Å². The van der Waals surface area contributed by atoms with E-state index in [9.17, 15) is 5.11 Å². The second-order valence-corrected chi connectivity index (χ2v) is 6.58. The molecule has 0 spiro atoms. The first-order valence-corrected chi connectivity index (χ1v) is 8.14. The minimum absolute atomic E-state index is 0.714. The van der Waals surface area contributed by atoms with Crippen LogP contribution in [0.1, 0.15) is 35.1 Å². The Hall–Kier alpha value is -1.64. The number of benzene rings is 2. The predicted octanol–water partition coefficient (Wildman–Crippen LogP) is 3.79. The molecule has 0 bridgehead atoms. The van der Waals surface area contributed by atoms with Crippen molar-refractivity contribution < 1.29 is 5.11 Å². The van der Waals surface area contributed by atoms with Gasteiger partial charge in [0.05, 0.1) is 0 Å². The van der Waals surface area contributed by atoms with Gasteiger partial charge >= 0.3 is 0 Å². The van der Waals surface area contributed by atoms with E-state index in [-0.39, 0.29) is 0 Å². The molecule has 0 aliphatic carbocycles. The predicted molar refractivity (Wildman–Crippen MR) is 90.8 cm³/mol. The van der Waals surface area contributed by atoms with Gasteiger partial charge in [-0.1, -0.05) is 48.5 Å². The Morgan fingerprint density at radius 3 is 2.59 bits per heavy atom. The third-order valence-corrected chi connectivity index (χ3v) is 4.90. The van der Waals surface area contributed by atoms with Crippen molar-refractivity contribution in [2.75, 3.05) is 13.1 Å². The molecule has 1 N–H and O–H groups in total. The van der Waals surface area contributed by atoms with Gasteiger partial charge < -0.3 is 5.11 Å². The molecule has 22 heavy (non-hydrogen) atoms. The zero-order valence-electron chi connectivity index (χ0n) is 13.5. The molecule has 1 unspecified atom stereocenters. The Labute approximate surface area is 133 Å². The Morgan fingerprint density at radius 2 is 1.82 bits per heavy atom. The second kappa shape index (κ2) is 6.23. The number of aliphatic hydroxyl groups is 1. The Bertz CT molecular complexity index is 637. The Balaban J connectivity index is 1.81. The molecule has 1 fully saturated rings. The van der Waals surface area contributed by atoms with Gasteiger partial charge in [0.2, 0.25) is 0 Å². The zero-order valence-corrected chi connectivity index (χ0v) is 13.5. The van der Waals surface area contributed by atoms with Gasteiger partial charge in [-0.2, -0.15) is 0 Å². The maximum absolute atomic E-state index is 11.3. The minimum Gasteiger partial charge on any atom is -0.384 e. The first-order valence-electron chi connectivity index (χ1n) is 8.14. The van der Waals surface area contributed by atoms with E-state index in [1.54, 1.807) is 0 Å². The molecule has 0 radical (unpaired) electrons. The molecule has 116 valence electrons. The normalized spacial score (nSPS) is 22.7. The van der Waals surface area contributed by atoms with Crippen LogP contribution in [0, 0.1) is 13.8 Å². The zero-order chi connectivity index (χ0) is 15.6. The summed E-state index contributed by atoms with van der Waals surface area (Å²) >= 11 is 0. The topological polar surface area (TPSA) is 23.5 Å². The maximum atomic E-state index is 11.3. The van der Waals surface area contributed by atoms with Crippen LogP contribution in [0.25, 0.3) is 0 Å². The molecule has 1 heterocycles. The van der Waals surface area contributed by atoms with Crippen LogP contribution in [0.15, 0.2) is 48.5 Å². The van der Waals surface area contributed by atoms with Gasteiger partial charge in [-0.05, 0) is 55.5 Å². The summed E-state index contributed by atoms with van der Waals surface area (Å²) in [6.07, 6.45) is 1.89. The van der Waals surface area contributed by atoms with Gasteiger partial charge in [-0.15, -0.1) is 0 Å². The van der Waals surface area contributed by atoms with Crippen LogP contribution in [0.5, 0.6) is 0 Å². The van der Waals surface area contributed by atoms with Crippen molar-refractivity contribution in [1.29, 1.82) is 0 Å². The molecule has 2 heteroatoms. The Kier molecular flexibility index (Phi) is 4.32. The molecule has 2 nitrogen and oxygen atoms in total. The lowest BCUT2D eigenvalue weighted by Gasteiger charge is -2.40. The summed E-state index contributed by atoms with van der Waals surface area (Å²) < 4.78 is 0. The molecule has 1 aliphatic heterocycles. The number of piperidine rings is 1. The quantitative estimate of drug-likeness (QED) is 0.931. The van der Waals surface area contributed by atoms with E-state index in [1.807, 2.05) is 6.07 Å². The fourth-order valence-electron chi connectivity index (χ4n) is 3.57. The van der Waals surface area contributed by atoms with Gasteiger partial charge in [0.15, 0.2) is 0 Å². The molecule has 1 atom stereocenters. The standard InChI is InChI=1S/C20H25NO/c1-16-8-6-11-19(17(16)2)20(22)12-7-13-21(15-20)14-18-9-4-3-5-10-18/h3-6,8-11,22H,7,12-15H2,1-2H3. The van der Waals surface area contributed by atoms with Crippen molar-refractivity contribution in [1.82, 2.24) is 4.90 Å². The summed E-state index contributed by atoms with van der Waals surface area (Å²) in [6.45, 7) is 6.92. The van der Waals surface area contributed by atoms with Crippen LogP contribution in [0.4, 0.5) is 0 Å². The number of nitrogens with zero attached hydrogens (tertiary/aromatic N) is 1. The van der Waals surface area contributed by atoms with Gasteiger partial charge in [0.25, 0.3) is 0 Å². The summed E-state index contributed by atoms with van der Waals surface area (Å²) in [5.74, 6) is 0. The minimum atomic E-state index is -0.719. The van der Waals surface area contributed by atoms with Crippen LogP contribution < -0.4 is 0 Å².